The van der Waals surface area contributed by atoms with Crippen molar-refractivity contribution in [1.29, 1.82) is 0 Å². The van der Waals surface area contributed by atoms with Crippen molar-refractivity contribution in [2.24, 2.45) is 0 Å². The Morgan fingerprint density at radius 3 is 2.52 bits per heavy atom. The number of hydrogen-bond acceptors (Lipinski definition) is 4. The van der Waals surface area contributed by atoms with Gasteiger partial charge in [0.05, 0.1) is 16.0 Å². The zero-order valence-corrected chi connectivity index (χ0v) is 16.8. The largest absolute Gasteiger partial charge is 0.348 e. The minimum Gasteiger partial charge on any atom is -0.288 e. The second-order valence-corrected chi connectivity index (χ2v) is 9.32. The van der Waals surface area contributed by atoms with E-state index in [0.29, 0.717) is 40.2 Å². The van der Waals surface area contributed by atoms with E-state index in [9.17, 15) is 17.6 Å². The van der Waals surface area contributed by atoms with Gasteiger partial charge in [-0.15, -0.1) is 5.10 Å². The molecule has 0 spiro atoms. The van der Waals surface area contributed by atoms with Crippen molar-refractivity contribution >= 4 is 21.6 Å². The number of halogens is 2. The number of alkyl halides is 1. The van der Waals surface area contributed by atoms with Crippen LogP contribution < -0.4 is 10.4 Å². The third-order valence-corrected chi connectivity index (χ3v) is 6.90. The van der Waals surface area contributed by atoms with Gasteiger partial charge in [-0.1, -0.05) is 29.8 Å². The molecule has 152 valence electrons. The summed E-state index contributed by atoms with van der Waals surface area (Å²) in [5.74, 6) is 0.251. The van der Waals surface area contributed by atoms with E-state index in [4.69, 9.17) is 11.6 Å². The normalized spacial score (nSPS) is 14.3. The first kappa shape index (κ1) is 19.8. The highest BCUT2D eigenvalue weighted by atomic mass is 35.5. The highest BCUT2D eigenvalue weighted by Crippen LogP contribution is 2.29. The van der Waals surface area contributed by atoms with Crippen LogP contribution in [0.25, 0.3) is 17.1 Å². The fourth-order valence-corrected chi connectivity index (χ4v) is 4.46. The van der Waals surface area contributed by atoms with Crippen LogP contribution in [-0.2, 0) is 23.2 Å². The van der Waals surface area contributed by atoms with Crippen LogP contribution in [0.15, 0.2) is 47.3 Å². The molecule has 3 aromatic rings. The van der Waals surface area contributed by atoms with E-state index in [1.807, 2.05) is 0 Å². The lowest BCUT2D eigenvalue weighted by molar-refractivity contribution is 0.485. The van der Waals surface area contributed by atoms with Crippen LogP contribution in [-0.4, -0.2) is 28.4 Å². The molecule has 1 fully saturated rings. The van der Waals surface area contributed by atoms with Crippen LogP contribution in [0.2, 0.25) is 5.02 Å². The molecule has 0 bridgehead atoms. The maximum Gasteiger partial charge on any atom is 0.348 e. The number of H-pyrrole nitrogens is 1. The number of nitrogens with one attached hydrogen (secondary N) is 2. The quantitative estimate of drug-likeness (QED) is 0.595. The second kappa shape index (κ2) is 7.74. The van der Waals surface area contributed by atoms with Crippen LogP contribution >= 0.6 is 11.6 Å². The molecule has 2 aromatic carbocycles. The minimum absolute atomic E-state index is 0.124. The van der Waals surface area contributed by atoms with Crippen molar-refractivity contribution in [2.75, 3.05) is 0 Å². The van der Waals surface area contributed by atoms with Gasteiger partial charge in [-0.2, -0.15) is 4.68 Å². The molecule has 0 unspecified atom stereocenters. The molecule has 1 saturated carbocycles. The van der Waals surface area contributed by atoms with Crippen LogP contribution in [0.1, 0.15) is 24.0 Å². The number of aromatic amines is 1. The van der Waals surface area contributed by atoms with Gasteiger partial charge in [0.25, 0.3) is 0 Å². The lowest BCUT2D eigenvalue weighted by Gasteiger charge is -2.08. The molecule has 10 heteroatoms. The topological polar surface area (TPSA) is 96.8 Å². The number of rotatable bonds is 7. The maximum absolute atomic E-state index is 12.7. The molecule has 4 rings (SSSR count). The van der Waals surface area contributed by atoms with Gasteiger partial charge in [-0.05, 0) is 48.2 Å². The predicted molar refractivity (Wildman–Crippen MR) is 108 cm³/mol. The van der Waals surface area contributed by atoms with Gasteiger partial charge in [0.15, 0.2) is 5.82 Å². The summed E-state index contributed by atoms with van der Waals surface area (Å²) in [4.78, 5) is 15.0. The SMILES string of the molecule is O=c1[nH]c(-c2cc(CNS(=O)(=O)C3CC3)ccc2Cl)nn1-c1ccc(CF)cc1. The lowest BCUT2D eigenvalue weighted by atomic mass is 10.1. The number of sulfonamides is 1. The Kier molecular flexibility index (Phi) is 5.28. The monoisotopic (exact) mass is 436 g/mol. The fourth-order valence-electron chi connectivity index (χ4n) is 2.89. The molecule has 0 atom stereocenters. The summed E-state index contributed by atoms with van der Waals surface area (Å²) < 4.78 is 40.5. The standard InChI is InChI=1S/C19H18ClFN4O3S/c20-17-8-3-13(11-22-29(27,28)15-6-7-15)9-16(17)18-23-19(26)25(24-18)14-4-1-12(10-21)2-5-14/h1-5,8-9,15,22H,6-7,10-11H2,(H,23,24,26). The molecule has 0 amide bonds. The molecule has 2 N–H and O–H groups in total. The fraction of sp³-hybridized carbons (Fsp3) is 0.263. The van der Waals surface area contributed by atoms with E-state index in [2.05, 4.69) is 14.8 Å². The van der Waals surface area contributed by atoms with Gasteiger partial charge in [0.2, 0.25) is 10.0 Å². The first-order chi connectivity index (χ1) is 13.9. The molecule has 7 nitrogen and oxygen atoms in total. The average molecular weight is 437 g/mol. The van der Waals surface area contributed by atoms with Gasteiger partial charge in [0.1, 0.15) is 6.67 Å². The van der Waals surface area contributed by atoms with Crippen LogP contribution in [0.5, 0.6) is 0 Å². The van der Waals surface area contributed by atoms with Crippen molar-refractivity contribution in [3.05, 3.63) is 69.1 Å². The Morgan fingerprint density at radius 1 is 1.17 bits per heavy atom. The van der Waals surface area contributed by atoms with Gasteiger partial charge in [-0.3, -0.25) is 4.98 Å². The Hall–Kier alpha value is -2.49. The Balaban J connectivity index is 1.61. The summed E-state index contributed by atoms with van der Waals surface area (Å²) in [6.07, 6.45) is 1.37. The highest BCUT2D eigenvalue weighted by molar-refractivity contribution is 7.90. The highest BCUT2D eigenvalue weighted by Gasteiger charge is 2.35. The number of benzene rings is 2. The summed E-state index contributed by atoms with van der Waals surface area (Å²) in [5, 5.41) is 4.35. The zero-order chi connectivity index (χ0) is 20.6. The third-order valence-electron chi connectivity index (χ3n) is 4.68. The summed E-state index contributed by atoms with van der Waals surface area (Å²) in [6.45, 7) is -0.466. The molecule has 1 aliphatic carbocycles. The van der Waals surface area contributed by atoms with E-state index in [-0.39, 0.29) is 17.6 Å². The smallest absolute Gasteiger partial charge is 0.288 e. The molecule has 0 saturated heterocycles. The Morgan fingerprint density at radius 2 is 1.86 bits per heavy atom. The van der Waals surface area contributed by atoms with E-state index >= 15 is 0 Å². The maximum atomic E-state index is 12.7. The summed E-state index contributed by atoms with van der Waals surface area (Å²) in [7, 11) is -3.30. The minimum atomic E-state index is -3.30. The van der Waals surface area contributed by atoms with Gasteiger partial charge in [0, 0.05) is 12.1 Å². The van der Waals surface area contributed by atoms with Gasteiger partial charge in [-0.25, -0.2) is 22.3 Å². The van der Waals surface area contributed by atoms with Crippen molar-refractivity contribution in [2.45, 2.75) is 31.3 Å². The van der Waals surface area contributed by atoms with Crippen LogP contribution in [0.4, 0.5) is 4.39 Å². The number of nitrogens with zero attached hydrogens (tertiary/aromatic N) is 2. The van der Waals surface area contributed by atoms with Gasteiger partial charge < -0.3 is 0 Å². The molecule has 1 aromatic heterocycles. The molecule has 0 radical (unpaired) electrons. The molecule has 1 heterocycles. The van der Waals surface area contributed by atoms with Crippen LogP contribution in [0.3, 0.4) is 0 Å². The van der Waals surface area contributed by atoms with E-state index in [0.717, 1.165) is 4.68 Å². The molecule has 29 heavy (non-hydrogen) atoms. The van der Waals surface area contributed by atoms with E-state index in [1.165, 1.54) is 0 Å². The zero-order valence-electron chi connectivity index (χ0n) is 15.2. The molecular formula is C19H18ClFN4O3S. The number of hydrogen-bond donors (Lipinski definition) is 2. The summed E-state index contributed by atoms with van der Waals surface area (Å²) in [5.41, 5.74) is 1.69. The molecule has 1 aliphatic rings. The third kappa shape index (κ3) is 4.26. The van der Waals surface area contributed by atoms with E-state index in [1.54, 1.807) is 42.5 Å². The van der Waals surface area contributed by atoms with Crippen molar-refractivity contribution in [1.82, 2.24) is 19.5 Å². The second-order valence-electron chi connectivity index (χ2n) is 6.87. The predicted octanol–water partition coefficient (Wildman–Crippen LogP) is 2.93. The summed E-state index contributed by atoms with van der Waals surface area (Å²) in [6, 6.07) is 11.4. The first-order valence-electron chi connectivity index (χ1n) is 8.99. The van der Waals surface area contributed by atoms with E-state index < -0.39 is 22.4 Å². The molecule has 0 aliphatic heterocycles. The van der Waals surface area contributed by atoms with Crippen molar-refractivity contribution in [3.63, 3.8) is 0 Å². The molecular weight excluding hydrogens is 419 g/mol. The lowest BCUT2D eigenvalue weighted by Crippen LogP contribution is -2.26. The Labute approximate surface area is 171 Å². The first-order valence-corrected chi connectivity index (χ1v) is 10.9. The number of aromatic nitrogens is 3. The van der Waals surface area contributed by atoms with Crippen LogP contribution in [0, 0.1) is 0 Å². The van der Waals surface area contributed by atoms with Crippen molar-refractivity contribution < 1.29 is 12.8 Å². The van der Waals surface area contributed by atoms with Crippen molar-refractivity contribution in [3.8, 4) is 17.1 Å². The Bertz CT molecular complexity index is 1200. The van der Waals surface area contributed by atoms with Gasteiger partial charge >= 0.3 is 5.69 Å². The average Bonchev–Trinajstić information content (AvgIpc) is 3.51. The summed E-state index contributed by atoms with van der Waals surface area (Å²) >= 11 is 6.28.